The lowest BCUT2D eigenvalue weighted by molar-refractivity contribution is 0.209. The van der Waals surface area contributed by atoms with Crippen molar-refractivity contribution >= 4 is 33.1 Å². The van der Waals surface area contributed by atoms with Crippen LogP contribution in [0, 0.1) is 0 Å². The van der Waals surface area contributed by atoms with E-state index in [0.29, 0.717) is 28.1 Å². The molecule has 0 aliphatic heterocycles. The van der Waals surface area contributed by atoms with Crippen molar-refractivity contribution in [2.75, 3.05) is 10.6 Å². The lowest BCUT2D eigenvalue weighted by Crippen LogP contribution is -2.13. The first-order valence-corrected chi connectivity index (χ1v) is 12.6. The van der Waals surface area contributed by atoms with Crippen LogP contribution in [-0.4, -0.2) is 39.2 Å². The zero-order valence-corrected chi connectivity index (χ0v) is 20.1. The van der Waals surface area contributed by atoms with Crippen molar-refractivity contribution in [3.05, 3.63) is 90.9 Å². The second-order valence-corrected chi connectivity index (χ2v) is 9.63. The van der Waals surface area contributed by atoms with Gasteiger partial charge in [0.1, 0.15) is 10.4 Å². The number of aromatic nitrogens is 4. The second kappa shape index (κ2) is 9.68. The van der Waals surface area contributed by atoms with Crippen LogP contribution in [0.15, 0.2) is 90.2 Å². The summed E-state index contributed by atoms with van der Waals surface area (Å²) in [6.07, 6.45) is 3.23. The quantitative estimate of drug-likeness (QED) is 0.254. The van der Waals surface area contributed by atoms with Crippen LogP contribution in [0.3, 0.4) is 0 Å². The standard InChI is InChI=1S/C25H21N7O4S/c26-37(35,36)19-12-18(13-27-15-19)23-30-24(28-14-17-8-4-5-9-21(17)29-25(33)34)22-20(10-11-32(22)31-23)16-6-2-1-3-7-16/h1-13,15,29H,14H2,(H,33,34)(H2,26,35,36)(H,28,30,31). The van der Waals surface area contributed by atoms with Gasteiger partial charge in [0.2, 0.25) is 10.0 Å². The minimum Gasteiger partial charge on any atom is -0.465 e. The molecule has 0 radical (unpaired) electrons. The normalized spacial score (nSPS) is 11.4. The third-order valence-electron chi connectivity index (χ3n) is 5.60. The second-order valence-electron chi connectivity index (χ2n) is 8.07. The van der Waals surface area contributed by atoms with E-state index in [1.807, 2.05) is 42.5 Å². The number of carbonyl (C=O) groups is 1. The number of nitrogens with zero attached hydrogens (tertiary/aromatic N) is 4. The molecule has 0 spiro atoms. The number of hydrogen-bond acceptors (Lipinski definition) is 7. The van der Waals surface area contributed by atoms with Crippen molar-refractivity contribution < 1.29 is 18.3 Å². The number of benzene rings is 2. The van der Waals surface area contributed by atoms with E-state index in [-0.39, 0.29) is 17.3 Å². The smallest absolute Gasteiger partial charge is 0.409 e. The molecule has 0 atom stereocenters. The molecule has 11 nitrogen and oxygen atoms in total. The average Bonchev–Trinajstić information content (AvgIpc) is 3.32. The number of nitrogens with two attached hydrogens (primary N) is 1. The lowest BCUT2D eigenvalue weighted by atomic mass is 10.1. The third-order valence-corrected chi connectivity index (χ3v) is 6.48. The summed E-state index contributed by atoms with van der Waals surface area (Å²) in [4.78, 5) is 19.8. The van der Waals surface area contributed by atoms with E-state index < -0.39 is 16.1 Å². The monoisotopic (exact) mass is 515 g/mol. The van der Waals surface area contributed by atoms with Gasteiger partial charge >= 0.3 is 6.09 Å². The molecule has 5 aromatic rings. The van der Waals surface area contributed by atoms with Crippen LogP contribution in [0.4, 0.5) is 16.3 Å². The number of primary sulfonamides is 1. The summed E-state index contributed by atoms with van der Waals surface area (Å²) in [6.45, 7) is 0.247. The van der Waals surface area contributed by atoms with Gasteiger partial charge in [-0.2, -0.15) is 0 Å². The molecule has 0 aliphatic rings. The molecule has 12 heteroatoms. The van der Waals surface area contributed by atoms with Crippen molar-refractivity contribution in [1.29, 1.82) is 0 Å². The predicted molar refractivity (Wildman–Crippen MR) is 138 cm³/mol. The summed E-state index contributed by atoms with van der Waals surface area (Å²) in [5, 5.41) is 24.7. The average molecular weight is 516 g/mol. The Balaban J connectivity index is 1.63. The van der Waals surface area contributed by atoms with Crippen LogP contribution in [0.1, 0.15) is 5.56 Å². The number of amides is 1. The van der Waals surface area contributed by atoms with E-state index >= 15 is 0 Å². The summed E-state index contributed by atoms with van der Waals surface area (Å²) in [5.74, 6) is 0.681. The maximum Gasteiger partial charge on any atom is 0.409 e. The van der Waals surface area contributed by atoms with E-state index in [9.17, 15) is 18.3 Å². The lowest BCUT2D eigenvalue weighted by Gasteiger charge is -2.14. The summed E-state index contributed by atoms with van der Waals surface area (Å²) in [5.41, 5.74) is 4.03. The van der Waals surface area contributed by atoms with Gasteiger partial charge in [-0.05, 0) is 29.3 Å². The van der Waals surface area contributed by atoms with Gasteiger partial charge in [0.05, 0.1) is 0 Å². The molecule has 37 heavy (non-hydrogen) atoms. The van der Waals surface area contributed by atoms with Crippen LogP contribution in [0.25, 0.3) is 28.0 Å². The predicted octanol–water partition coefficient (Wildman–Crippen LogP) is 3.81. The van der Waals surface area contributed by atoms with Crippen LogP contribution in [0.2, 0.25) is 0 Å². The number of hydrogen-bond donors (Lipinski definition) is 4. The first kappa shape index (κ1) is 23.9. The molecule has 5 rings (SSSR count). The highest BCUT2D eigenvalue weighted by atomic mass is 32.2. The van der Waals surface area contributed by atoms with E-state index in [0.717, 1.165) is 17.3 Å². The molecule has 1 amide bonds. The van der Waals surface area contributed by atoms with Crippen LogP contribution >= 0.6 is 0 Å². The van der Waals surface area contributed by atoms with Gasteiger partial charge in [0, 0.05) is 41.9 Å². The molecule has 0 bridgehead atoms. The minimum absolute atomic E-state index is 0.158. The third kappa shape index (κ3) is 5.10. The molecule has 0 saturated carbocycles. The van der Waals surface area contributed by atoms with Crippen molar-refractivity contribution in [2.45, 2.75) is 11.4 Å². The SMILES string of the molecule is NS(=O)(=O)c1cncc(-c2nc(NCc3ccccc3NC(=O)O)c3c(-c4ccccc4)ccn3n2)c1. The summed E-state index contributed by atoms with van der Waals surface area (Å²) in [6, 6.07) is 20.0. The van der Waals surface area contributed by atoms with E-state index in [1.54, 1.807) is 28.9 Å². The van der Waals surface area contributed by atoms with Crippen molar-refractivity contribution in [3.63, 3.8) is 0 Å². The number of pyridine rings is 1. The van der Waals surface area contributed by atoms with E-state index in [4.69, 9.17) is 10.1 Å². The molecule has 5 N–H and O–H groups in total. The number of fused-ring (bicyclic) bond motifs is 1. The number of para-hydroxylation sites is 1. The van der Waals surface area contributed by atoms with Crippen molar-refractivity contribution in [2.24, 2.45) is 5.14 Å². The number of sulfonamides is 1. The van der Waals surface area contributed by atoms with Gasteiger partial charge in [-0.3, -0.25) is 10.3 Å². The zero-order valence-electron chi connectivity index (χ0n) is 19.2. The first-order chi connectivity index (χ1) is 17.8. The largest absolute Gasteiger partial charge is 0.465 e. The molecule has 3 heterocycles. The Bertz CT molecular complexity index is 1720. The van der Waals surface area contributed by atoms with Crippen molar-refractivity contribution in [3.8, 4) is 22.5 Å². The van der Waals surface area contributed by atoms with E-state index in [1.165, 1.54) is 12.3 Å². The molecule has 0 saturated heterocycles. The number of nitrogens with one attached hydrogen (secondary N) is 2. The van der Waals surface area contributed by atoms with E-state index in [2.05, 4.69) is 20.7 Å². The molecule has 0 aliphatic carbocycles. The van der Waals surface area contributed by atoms with Gasteiger partial charge in [0.15, 0.2) is 11.6 Å². The highest BCUT2D eigenvalue weighted by Gasteiger charge is 2.17. The van der Waals surface area contributed by atoms with Gasteiger partial charge in [-0.15, -0.1) is 5.10 Å². The molecule has 3 aromatic heterocycles. The summed E-state index contributed by atoms with van der Waals surface area (Å²) >= 11 is 0. The van der Waals surface area contributed by atoms with Crippen LogP contribution in [-0.2, 0) is 16.6 Å². The fraction of sp³-hybridized carbons (Fsp3) is 0.0400. The maximum absolute atomic E-state index is 11.9. The molecular formula is C25H21N7O4S. The van der Waals surface area contributed by atoms with Gasteiger partial charge in [-0.25, -0.2) is 27.9 Å². The minimum atomic E-state index is -3.97. The Hall–Kier alpha value is -4.81. The number of carboxylic acid groups (broad SMARTS) is 1. The molecule has 186 valence electrons. The first-order valence-electron chi connectivity index (χ1n) is 11.0. The molecular weight excluding hydrogens is 494 g/mol. The maximum atomic E-state index is 11.9. The summed E-state index contributed by atoms with van der Waals surface area (Å²) < 4.78 is 25.4. The van der Waals surface area contributed by atoms with Crippen LogP contribution in [0.5, 0.6) is 0 Å². The Kier molecular flexibility index (Phi) is 6.26. The van der Waals surface area contributed by atoms with Crippen molar-refractivity contribution in [1.82, 2.24) is 19.6 Å². The Morgan fingerprint density at radius 2 is 1.76 bits per heavy atom. The fourth-order valence-corrected chi connectivity index (χ4v) is 4.41. The zero-order chi connectivity index (χ0) is 26.0. The summed E-state index contributed by atoms with van der Waals surface area (Å²) in [7, 11) is -3.97. The highest BCUT2D eigenvalue weighted by molar-refractivity contribution is 7.89. The van der Waals surface area contributed by atoms with Gasteiger partial charge < -0.3 is 10.4 Å². The molecule has 0 unspecified atom stereocenters. The van der Waals surface area contributed by atoms with Gasteiger partial charge in [-0.1, -0.05) is 48.5 Å². The van der Waals surface area contributed by atoms with Crippen LogP contribution < -0.4 is 15.8 Å². The topological polar surface area (TPSA) is 165 Å². The van der Waals surface area contributed by atoms with Gasteiger partial charge in [0.25, 0.3) is 0 Å². The fourth-order valence-electron chi connectivity index (χ4n) is 3.91. The molecule has 0 fully saturated rings. The number of anilines is 2. The Labute approximate surface area is 211 Å². The Morgan fingerprint density at radius 3 is 2.51 bits per heavy atom. The highest BCUT2D eigenvalue weighted by Crippen LogP contribution is 2.31. The number of rotatable bonds is 7. The Morgan fingerprint density at radius 1 is 1.00 bits per heavy atom. The molecule has 2 aromatic carbocycles.